The van der Waals surface area contributed by atoms with E-state index in [1.54, 1.807) is 0 Å². The van der Waals surface area contributed by atoms with Crippen LogP contribution in [0.15, 0.2) is 24.3 Å². The number of hydrogen-bond donors (Lipinski definition) is 0. The fraction of sp³-hybridized carbons (Fsp3) is 0.364. The van der Waals surface area contributed by atoms with E-state index in [1.165, 1.54) is 0 Å². The molecule has 17 heavy (non-hydrogen) atoms. The van der Waals surface area contributed by atoms with Gasteiger partial charge in [0.05, 0.1) is 10.1 Å². The topological polar surface area (TPSA) is 70.1 Å². The number of thiazole rings is 1. The van der Waals surface area contributed by atoms with Gasteiger partial charge in [0.25, 0.3) is 0 Å². The zero-order valence-electron chi connectivity index (χ0n) is 9.42. The predicted molar refractivity (Wildman–Crippen MR) is 68.1 cm³/mol. The van der Waals surface area contributed by atoms with Gasteiger partial charge in [-0.05, 0) is 6.07 Å². The molecule has 1 unspecified atom stereocenters. The zero-order valence-corrected chi connectivity index (χ0v) is 11.1. The molecule has 0 saturated carbocycles. The minimum atomic E-state index is -4.10. The first kappa shape index (κ1) is 12.5. The van der Waals surface area contributed by atoms with Crippen LogP contribution >= 0.6 is 10.5 Å². The molecule has 0 radical (unpaired) electrons. The van der Waals surface area contributed by atoms with E-state index in [2.05, 4.69) is 4.98 Å². The Bertz CT molecular complexity index is 631. The van der Waals surface area contributed by atoms with Crippen molar-refractivity contribution in [3.05, 3.63) is 29.3 Å². The number of nitrogens with zero attached hydrogens (tertiary/aromatic N) is 1. The molecule has 0 aliphatic rings. The van der Waals surface area contributed by atoms with E-state index >= 15 is 0 Å². The van der Waals surface area contributed by atoms with Gasteiger partial charge in [-0.2, -0.15) is 4.98 Å². The van der Waals surface area contributed by atoms with Crippen molar-refractivity contribution in [3.8, 4) is 0 Å². The third-order valence-corrected chi connectivity index (χ3v) is 5.67. The number of aromatic nitrogens is 1. The summed E-state index contributed by atoms with van der Waals surface area (Å²) in [5.41, 5.74) is 0.971. The molecular weight excluding hydrogens is 258 g/mol. The Morgan fingerprint density at radius 1 is 1.35 bits per heavy atom. The summed E-state index contributed by atoms with van der Waals surface area (Å²) in [4.78, 5) is 4.45. The van der Waals surface area contributed by atoms with Gasteiger partial charge in [0.2, 0.25) is 9.71 Å². The third kappa shape index (κ3) is 3.02. The van der Waals surface area contributed by atoms with Gasteiger partial charge in [-0.3, -0.25) is 0 Å². The van der Waals surface area contributed by atoms with Crippen LogP contribution in [-0.4, -0.2) is 23.7 Å². The van der Waals surface area contributed by atoms with E-state index in [4.69, 9.17) is 0 Å². The first-order valence-electron chi connectivity index (χ1n) is 5.26. The van der Waals surface area contributed by atoms with Crippen molar-refractivity contribution in [2.24, 2.45) is 0 Å². The lowest BCUT2D eigenvalue weighted by atomic mass is 10.3. The quantitative estimate of drug-likeness (QED) is 0.631. The molecule has 0 aliphatic carbocycles. The Kier molecular flexibility index (Phi) is 3.46. The summed E-state index contributed by atoms with van der Waals surface area (Å²) < 4.78 is 32.8. The van der Waals surface area contributed by atoms with Gasteiger partial charge < -0.3 is 4.55 Å². The van der Waals surface area contributed by atoms with Gasteiger partial charge in [-0.25, -0.2) is 8.42 Å². The molecular formula is C11H13NO3S2. The van der Waals surface area contributed by atoms with Crippen LogP contribution in [0, 0.1) is 6.92 Å². The van der Waals surface area contributed by atoms with Gasteiger partial charge >= 0.3 is 0 Å². The molecule has 1 aromatic heterocycles. The lowest BCUT2D eigenvalue weighted by Gasteiger charge is -2.03. The summed E-state index contributed by atoms with van der Waals surface area (Å²) in [6.07, 6.45) is 0.399. The van der Waals surface area contributed by atoms with Crippen LogP contribution in [0.2, 0.25) is 0 Å². The van der Waals surface area contributed by atoms with E-state index in [9.17, 15) is 13.0 Å². The Hall–Kier alpha value is -0.980. The van der Waals surface area contributed by atoms with Crippen molar-refractivity contribution >= 4 is 30.8 Å². The number of rotatable bonds is 4. The summed E-state index contributed by atoms with van der Waals surface area (Å²) >= 11 is 0. The number of para-hydroxylation sites is 1. The lowest BCUT2D eigenvalue weighted by molar-refractivity contribution is 0.462. The lowest BCUT2D eigenvalue weighted by Crippen LogP contribution is -2.04. The van der Waals surface area contributed by atoms with Crippen LogP contribution in [0.5, 0.6) is 0 Å². The first-order valence-corrected chi connectivity index (χ1v) is 8.23. The number of benzene rings is 1. The highest BCUT2D eigenvalue weighted by Gasteiger charge is 2.18. The maximum atomic E-state index is 10.5. The van der Waals surface area contributed by atoms with Crippen LogP contribution in [0.1, 0.15) is 11.4 Å². The standard InChI is InChI=1S/C11H13NO3S2/c1-9-12-10-5-2-3-6-11(10)16(9)7-4-8-17(13,14)15/h2-3,5-6H,4,7-8H2,1H3. The van der Waals surface area contributed by atoms with Gasteiger partial charge in [-0.15, -0.1) is 0 Å². The molecule has 0 saturated heterocycles. The summed E-state index contributed by atoms with van der Waals surface area (Å²) in [7, 11) is -4.23. The molecule has 4 nitrogen and oxygen atoms in total. The van der Waals surface area contributed by atoms with E-state index in [1.807, 2.05) is 31.2 Å². The summed E-state index contributed by atoms with van der Waals surface area (Å²) in [6.45, 7) is 1.95. The smallest absolute Gasteiger partial charge is 0.240 e. The van der Waals surface area contributed by atoms with Gasteiger partial charge in [0, 0.05) is 35.6 Å². The molecule has 0 aliphatic heterocycles. The van der Waals surface area contributed by atoms with E-state index in [-0.39, 0.29) is 16.2 Å². The van der Waals surface area contributed by atoms with Gasteiger partial charge in [0.1, 0.15) is 11.3 Å². The molecule has 2 rings (SSSR count). The zero-order chi connectivity index (χ0) is 12.5. The van der Waals surface area contributed by atoms with E-state index in [0.29, 0.717) is 12.2 Å². The Morgan fingerprint density at radius 2 is 2.06 bits per heavy atom. The number of aryl methyl sites for hydroxylation is 2. The highest BCUT2D eigenvalue weighted by atomic mass is 32.2. The number of hydrogen-bond acceptors (Lipinski definition) is 4. The van der Waals surface area contributed by atoms with E-state index < -0.39 is 10.1 Å². The molecule has 0 spiro atoms. The molecule has 92 valence electrons. The fourth-order valence-electron chi connectivity index (χ4n) is 1.78. The molecule has 0 fully saturated rings. The van der Waals surface area contributed by atoms with E-state index in [0.717, 1.165) is 15.2 Å². The van der Waals surface area contributed by atoms with Crippen LogP contribution in [0.4, 0.5) is 0 Å². The normalized spacial score (nSPS) is 13.2. The average molecular weight is 271 g/mol. The van der Waals surface area contributed by atoms with Crippen molar-refractivity contribution in [1.82, 2.24) is 4.98 Å². The highest BCUT2D eigenvalue weighted by Crippen LogP contribution is 2.34. The third-order valence-electron chi connectivity index (χ3n) is 2.51. The number of fused-ring (bicyclic) bond motifs is 1. The first-order chi connectivity index (χ1) is 7.97. The fourth-order valence-corrected chi connectivity index (χ4v) is 4.54. The van der Waals surface area contributed by atoms with Crippen LogP contribution < -0.4 is 0 Å². The maximum Gasteiger partial charge on any atom is 0.240 e. The van der Waals surface area contributed by atoms with Crippen LogP contribution in [0.25, 0.3) is 10.2 Å². The van der Waals surface area contributed by atoms with Crippen LogP contribution in [0.3, 0.4) is 0 Å². The molecule has 1 atom stereocenters. The molecule has 1 heterocycles. The molecule has 0 N–H and O–H groups in total. The second kappa shape index (κ2) is 4.72. The predicted octanol–water partition coefficient (Wildman–Crippen LogP) is 2.23. The monoisotopic (exact) mass is 271 g/mol. The Balaban J connectivity index is 2.21. The molecule has 1 aromatic carbocycles. The minimum absolute atomic E-state index is 0.135. The Morgan fingerprint density at radius 3 is 2.76 bits per heavy atom. The van der Waals surface area contributed by atoms with Crippen molar-refractivity contribution in [1.29, 1.82) is 0 Å². The second-order valence-corrected chi connectivity index (χ2v) is 7.55. The minimum Gasteiger partial charge on any atom is -0.748 e. The summed E-state index contributed by atoms with van der Waals surface area (Å²) in [5.74, 6) is 0.403. The van der Waals surface area contributed by atoms with Crippen molar-refractivity contribution < 1.29 is 13.0 Å². The van der Waals surface area contributed by atoms with Gasteiger partial charge in [-0.1, -0.05) is 12.1 Å². The molecule has 2 aromatic rings. The summed E-state index contributed by atoms with van der Waals surface area (Å²) in [6, 6.07) is 7.86. The summed E-state index contributed by atoms with van der Waals surface area (Å²) in [5, 5.41) is 1.02. The second-order valence-electron chi connectivity index (χ2n) is 3.81. The van der Waals surface area contributed by atoms with Crippen LogP contribution in [-0.2, 0) is 15.9 Å². The highest BCUT2D eigenvalue weighted by molar-refractivity contribution is 7.85. The van der Waals surface area contributed by atoms with Crippen molar-refractivity contribution in [2.45, 2.75) is 19.1 Å². The largest absolute Gasteiger partial charge is 0.748 e. The maximum absolute atomic E-state index is 10.5. The molecule has 0 bridgehead atoms. The van der Waals surface area contributed by atoms with Gasteiger partial charge in [0.15, 0.2) is 0 Å². The Labute approximate surface area is 103 Å². The SMILES string of the molecule is Cc1nc2ccccc2[s+]1CCCS(=O)(=O)[O-]. The average Bonchev–Trinajstić information content (AvgIpc) is 2.54. The molecule has 0 amide bonds. The van der Waals surface area contributed by atoms with Crippen molar-refractivity contribution in [3.63, 3.8) is 0 Å². The molecule has 6 heteroatoms. The van der Waals surface area contributed by atoms with Crippen molar-refractivity contribution in [2.75, 3.05) is 5.75 Å².